The number of benzene rings is 2. The van der Waals surface area contributed by atoms with Crippen LogP contribution in [-0.4, -0.2) is 14.2 Å². The van der Waals surface area contributed by atoms with Gasteiger partial charge in [-0.2, -0.15) is 0 Å². The fourth-order valence-electron chi connectivity index (χ4n) is 1.91. The lowest BCUT2D eigenvalue weighted by Gasteiger charge is -2.21. The zero-order valence-electron chi connectivity index (χ0n) is 11.1. The molecule has 0 saturated carbocycles. The van der Waals surface area contributed by atoms with Crippen LogP contribution in [0.25, 0.3) is 0 Å². The molecule has 4 heteroatoms. The second-order valence-electron chi connectivity index (χ2n) is 4.36. The molecule has 19 heavy (non-hydrogen) atoms. The molecule has 0 amide bonds. The number of nitrogens with zero attached hydrogens (tertiary/aromatic N) is 1. The molecule has 0 bridgehead atoms. The summed E-state index contributed by atoms with van der Waals surface area (Å²) >= 11 is 0. The molecule has 0 spiro atoms. The number of methoxy groups -OCH3 is 1. The summed E-state index contributed by atoms with van der Waals surface area (Å²) in [5, 5.41) is 0. The summed E-state index contributed by atoms with van der Waals surface area (Å²) in [4.78, 5) is 1.94. The van der Waals surface area contributed by atoms with Crippen molar-refractivity contribution in [1.29, 1.82) is 0 Å². The van der Waals surface area contributed by atoms with E-state index in [-0.39, 0.29) is 5.82 Å². The lowest BCUT2D eigenvalue weighted by Crippen LogP contribution is -2.18. The van der Waals surface area contributed by atoms with Gasteiger partial charge in [0.05, 0.1) is 7.11 Å². The van der Waals surface area contributed by atoms with Crippen LogP contribution in [0.2, 0.25) is 0 Å². The van der Waals surface area contributed by atoms with Crippen molar-refractivity contribution in [2.45, 2.75) is 6.54 Å². The average molecular weight is 260 g/mol. The van der Waals surface area contributed by atoms with Crippen LogP contribution in [0.1, 0.15) is 5.56 Å². The molecular weight excluding hydrogens is 243 g/mol. The fraction of sp³-hybridized carbons (Fsp3) is 0.200. The molecule has 2 aromatic rings. The zero-order chi connectivity index (χ0) is 13.8. The van der Waals surface area contributed by atoms with Crippen molar-refractivity contribution in [3.63, 3.8) is 0 Å². The smallest absolute Gasteiger partial charge is 0.130 e. The minimum Gasteiger partial charge on any atom is -0.497 e. The first-order valence-electron chi connectivity index (χ1n) is 6.00. The molecular formula is C15H17FN2O. The summed E-state index contributed by atoms with van der Waals surface area (Å²) in [5.41, 5.74) is 7.77. The molecule has 2 rings (SSSR count). The van der Waals surface area contributed by atoms with E-state index in [1.807, 2.05) is 36.2 Å². The van der Waals surface area contributed by atoms with Crippen molar-refractivity contribution >= 4 is 11.4 Å². The van der Waals surface area contributed by atoms with Crippen molar-refractivity contribution in [3.8, 4) is 5.75 Å². The van der Waals surface area contributed by atoms with E-state index >= 15 is 0 Å². The number of rotatable bonds is 4. The van der Waals surface area contributed by atoms with Crippen molar-refractivity contribution in [2.75, 3.05) is 24.8 Å². The van der Waals surface area contributed by atoms with Gasteiger partial charge in [0.1, 0.15) is 11.6 Å². The van der Waals surface area contributed by atoms with E-state index in [0.29, 0.717) is 17.8 Å². The molecule has 2 aromatic carbocycles. The van der Waals surface area contributed by atoms with E-state index in [0.717, 1.165) is 11.4 Å². The van der Waals surface area contributed by atoms with Crippen LogP contribution in [0.15, 0.2) is 42.5 Å². The Balaban J connectivity index is 2.18. The third-order valence-corrected chi connectivity index (χ3v) is 3.06. The SMILES string of the molecule is COc1ccc(N(C)Cc2c(N)cccc2F)cc1. The molecule has 100 valence electrons. The Hall–Kier alpha value is -2.23. The Morgan fingerprint density at radius 2 is 1.84 bits per heavy atom. The number of hydrogen-bond acceptors (Lipinski definition) is 3. The lowest BCUT2D eigenvalue weighted by atomic mass is 10.1. The van der Waals surface area contributed by atoms with Crippen LogP contribution in [0.5, 0.6) is 5.75 Å². The van der Waals surface area contributed by atoms with Crippen molar-refractivity contribution in [3.05, 3.63) is 53.8 Å². The highest BCUT2D eigenvalue weighted by Crippen LogP contribution is 2.23. The second kappa shape index (κ2) is 5.61. The number of ether oxygens (including phenoxy) is 1. The second-order valence-corrected chi connectivity index (χ2v) is 4.36. The fourth-order valence-corrected chi connectivity index (χ4v) is 1.91. The monoisotopic (exact) mass is 260 g/mol. The highest BCUT2D eigenvalue weighted by atomic mass is 19.1. The third kappa shape index (κ3) is 2.96. The number of halogens is 1. The van der Waals surface area contributed by atoms with Gasteiger partial charge in [0.2, 0.25) is 0 Å². The molecule has 0 aliphatic carbocycles. The van der Waals surface area contributed by atoms with E-state index in [9.17, 15) is 4.39 Å². The van der Waals surface area contributed by atoms with Gasteiger partial charge in [0.15, 0.2) is 0 Å². The zero-order valence-corrected chi connectivity index (χ0v) is 11.1. The molecule has 3 nitrogen and oxygen atoms in total. The quantitative estimate of drug-likeness (QED) is 0.859. The van der Waals surface area contributed by atoms with E-state index < -0.39 is 0 Å². The molecule has 0 unspecified atom stereocenters. The predicted octanol–water partition coefficient (Wildman–Crippen LogP) is 3.05. The van der Waals surface area contributed by atoms with Crippen molar-refractivity contribution in [2.24, 2.45) is 0 Å². The Kier molecular flexibility index (Phi) is 3.90. The van der Waals surface area contributed by atoms with Gasteiger partial charge in [-0.1, -0.05) is 6.07 Å². The van der Waals surface area contributed by atoms with Crippen LogP contribution < -0.4 is 15.4 Å². The van der Waals surface area contributed by atoms with E-state index in [4.69, 9.17) is 10.5 Å². The van der Waals surface area contributed by atoms with Crippen LogP contribution in [0, 0.1) is 5.82 Å². The van der Waals surface area contributed by atoms with Gasteiger partial charge in [-0.25, -0.2) is 4.39 Å². The van der Waals surface area contributed by atoms with Gasteiger partial charge >= 0.3 is 0 Å². The van der Waals surface area contributed by atoms with Gasteiger partial charge in [0, 0.05) is 30.5 Å². The summed E-state index contributed by atoms with van der Waals surface area (Å²) < 4.78 is 18.8. The van der Waals surface area contributed by atoms with E-state index in [1.165, 1.54) is 6.07 Å². The first-order chi connectivity index (χ1) is 9.11. The first-order valence-corrected chi connectivity index (χ1v) is 6.00. The third-order valence-electron chi connectivity index (χ3n) is 3.06. The summed E-state index contributed by atoms with van der Waals surface area (Å²) in [6.45, 7) is 0.421. The van der Waals surface area contributed by atoms with Gasteiger partial charge in [-0.15, -0.1) is 0 Å². The molecule has 0 aliphatic rings. The van der Waals surface area contributed by atoms with Crippen molar-refractivity contribution in [1.82, 2.24) is 0 Å². The van der Waals surface area contributed by atoms with E-state index in [2.05, 4.69) is 0 Å². The van der Waals surface area contributed by atoms with Crippen LogP contribution in [0.3, 0.4) is 0 Å². The number of nitrogens with two attached hydrogens (primary N) is 1. The molecule has 0 radical (unpaired) electrons. The maximum atomic E-state index is 13.7. The lowest BCUT2D eigenvalue weighted by molar-refractivity contribution is 0.415. The number of anilines is 2. The summed E-state index contributed by atoms with van der Waals surface area (Å²) in [7, 11) is 3.52. The molecule has 0 heterocycles. The summed E-state index contributed by atoms with van der Waals surface area (Å²) in [6.07, 6.45) is 0. The normalized spacial score (nSPS) is 10.3. The molecule has 0 fully saturated rings. The maximum absolute atomic E-state index is 13.7. The molecule has 0 atom stereocenters. The van der Waals surface area contributed by atoms with Gasteiger partial charge in [0.25, 0.3) is 0 Å². The molecule has 0 saturated heterocycles. The Bertz CT molecular complexity index is 534. The van der Waals surface area contributed by atoms with Gasteiger partial charge in [-0.3, -0.25) is 0 Å². The van der Waals surface area contributed by atoms with E-state index in [1.54, 1.807) is 19.2 Å². The highest BCUT2D eigenvalue weighted by Gasteiger charge is 2.09. The predicted molar refractivity (Wildman–Crippen MR) is 75.9 cm³/mol. The van der Waals surface area contributed by atoms with Crippen LogP contribution in [-0.2, 0) is 6.54 Å². The maximum Gasteiger partial charge on any atom is 0.130 e. The summed E-state index contributed by atoms with van der Waals surface area (Å²) in [6, 6.07) is 12.3. The molecule has 0 aliphatic heterocycles. The van der Waals surface area contributed by atoms with Crippen LogP contribution >= 0.6 is 0 Å². The number of hydrogen-bond donors (Lipinski definition) is 1. The molecule has 0 aromatic heterocycles. The largest absolute Gasteiger partial charge is 0.497 e. The van der Waals surface area contributed by atoms with Gasteiger partial charge < -0.3 is 15.4 Å². The standard InChI is InChI=1S/C15H17FN2O/c1-18(11-6-8-12(19-2)9-7-11)10-13-14(16)4-3-5-15(13)17/h3-9H,10,17H2,1-2H3. The topological polar surface area (TPSA) is 38.5 Å². The highest BCUT2D eigenvalue weighted by molar-refractivity contribution is 5.53. The van der Waals surface area contributed by atoms with Crippen LogP contribution in [0.4, 0.5) is 15.8 Å². The number of nitrogen functional groups attached to an aromatic ring is 1. The average Bonchev–Trinajstić information content (AvgIpc) is 2.43. The first kappa shape index (κ1) is 13.2. The van der Waals surface area contributed by atoms with Crippen molar-refractivity contribution < 1.29 is 9.13 Å². The van der Waals surface area contributed by atoms with Gasteiger partial charge in [-0.05, 0) is 36.4 Å². The Labute approximate surface area is 112 Å². The summed E-state index contributed by atoms with van der Waals surface area (Å²) in [5.74, 6) is 0.517. The minimum absolute atomic E-state index is 0.277. The minimum atomic E-state index is -0.277. The Morgan fingerprint density at radius 3 is 2.42 bits per heavy atom. The Morgan fingerprint density at radius 1 is 1.16 bits per heavy atom. The molecule has 2 N–H and O–H groups in total.